The molecule has 1 aromatic carbocycles. The standard InChI is InChI=1S/C15H24N2O/c1-3-11(4-2)14(17-16)13-9-5-7-12-8-6-10-18-15(12)13/h5,7,9,11,14,17H,3-4,6,8,10,16H2,1-2H3. The Morgan fingerprint density at radius 2 is 2.11 bits per heavy atom. The number of aryl methyl sites for hydroxylation is 1. The van der Waals surface area contributed by atoms with E-state index >= 15 is 0 Å². The molecule has 1 atom stereocenters. The van der Waals surface area contributed by atoms with Crippen LogP contribution in [0.1, 0.15) is 50.3 Å². The van der Waals surface area contributed by atoms with Gasteiger partial charge in [0.15, 0.2) is 0 Å². The van der Waals surface area contributed by atoms with E-state index in [0.717, 1.165) is 38.0 Å². The summed E-state index contributed by atoms with van der Waals surface area (Å²) >= 11 is 0. The predicted octanol–water partition coefficient (Wildman–Crippen LogP) is 2.95. The number of fused-ring (bicyclic) bond motifs is 1. The molecule has 0 aromatic heterocycles. The molecule has 1 aromatic rings. The first-order valence-electron chi connectivity index (χ1n) is 7.02. The van der Waals surface area contributed by atoms with Crippen LogP contribution in [0, 0.1) is 5.92 Å². The van der Waals surface area contributed by atoms with Crippen LogP contribution >= 0.6 is 0 Å². The van der Waals surface area contributed by atoms with Gasteiger partial charge in [-0.3, -0.25) is 11.3 Å². The molecule has 100 valence electrons. The van der Waals surface area contributed by atoms with Crippen LogP contribution in [0.15, 0.2) is 18.2 Å². The molecule has 1 heterocycles. The molecule has 0 bridgehead atoms. The van der Waals surface area contributed by atoms with Crippen molar-refractivity contribution in [2.45, 2.75) is 45.6 Å². The molecule has 3 N–H and O–H groups in total. The first kappa shape index (κ1) is 13.4. The van der Waals surface area contributed by atoms with Gasteiger partial charge in [0.1, 0.15) is 5.75 Å². The Morgan fingerprint density at radius 1 is 1.33 bits per heavy atom. The van der Waals surface area contributed by atoms with Crippen LogP contribution in [0.25, 0.3) is 0 Å². The van der Waals surface area contributed by atoms with Crippen LogP contribution in [0.5, 0.6) is 5.75 Å². The van der Waals surface area contributed by atoms with E-state index in [-0.39, 0.29) is 6.04 Å². The molecule has 0 saturated carbocycles. The van der Waals surface area contributed by atoms with Crippen molar-refractivity contribution in [3.8, 4) is 5.75 Å². The number of hydrogen-bond acceptors (Lipinski definition) is 3. The molecule has 3 nitrogen and oxygen atoms in total. The zero-order chi connectivity index (χ0) is 13.0. The Balaban J connectivity index is 2.36. The van der Waals surface area contributed by atoms with E-state index in [2.05, 4.69) is 37.5 Å². The second kappa shape index (κ2) is 6.21. The maximum absolute atomic E-state index is 5.88. The van der Waals surface area contributed by atoms with Crippen molar-refractivity contribution >= 4 is 0 Å². The highest BCUT2D eigenvalue weighted by atomic mass is 16.5. The summed E-state index contributed by atoms with van der Waals surface area (Å²) in [6.45, 7) is 5.26. The van der Waals surface area contributed by atoms with Crippen LogP contribution in [-0.2, 0) is 6.42 Å². The quantitative estimate of drug-likeness (QED) is 0.622. The van der Waals surface area contributed by atoms with E-state index in [1.807, 2.05) is 0 Å². The van der Waals surface area contributed by atoms with E-state index in [1.165, 1.54) is 11.1 Å². The topological polar surface area (TPSA) is 47.3 Å². The molecule has 1 aliphatic heterocycles. The van der Waals surface area contributed by atoms with Gasteiger partial charge in [-0.1, -0.05) is 44.9 Å². The molecule has 0 aliphatic carbocycles. The number of nitrogens with one attached hydrogen (secondary N) is 1. The van der Waals surface area contributed by atoms with Gasteiger partial charge in [-0.2, -0.15) is 0 Å². The summed E-state index contributed by atoms with van der Waals surface area (Å²) in [4.78, 5) is 0. The molecule has 0 amide bonds. The molecule has 3 heteroatoms. The van der Waals surface area contributed by atoms with Gasteiger partial charge < -0.3 is 4.74 Å². The monoisotopic (exact) mass is 248 g/mol. The summed E-state index contributed by atoms with van der Waals surface area (Å²) in [6.07, 6.45) is 4.47. The lowest BCUT2D eigenvalue weighted by molar-refractivity contribution is 0.271. The van der Waals surface area contributed by atoms with Crippen molar-refractivity contribution in [1.82, 2.24) is 5.43 Å². The van der Waals surface area contributed by atoms with Crippen LogP contribution < -0.4 is 16.0 Å². The molecule has 0 fully saturated rings. The van der Waals surface area contributed by atoms with Gasteiger partial charge >= 0.3 is 0 Å². The predicted molar refractivity (Wildman–Crippen MR) is 74.4 cm³/mol. The highest BCUT2D eigenvalue weighted by Crippen LogP contribution is 2.37. The van der Waals surface area contributed by atoms with E-state index in [9.17, 15) is 0 Å². The average Bonchev–Trinajstić information content (AvgIpc) is 2.44. The van der Waals surface area contributed by atoms with Crippen LogP contribution in [0.4, 0.5) is 0 Å². The molecule has 1 unspecified atom stereocenters. The zero-order valence-corrected chi connectivity index (χ0v) is 11.4. The van der Waals surface area contributed by atoms with Crippen molar-refractivity contribution in [3.63, 3.8) is 0 Å². The number of hydrogen-bond donors (Lipinski definition) is 2. The highest BCUT2D eigenvalue weighted by Gasteiger charge is 2.25. The number of hydrazine groups is 1. The van der Waals surface area contributed by atoms with E-state index in [0.29, 0.717) is 5.92 Å². The fraction of sp³-hybridized carbons (Fsp3) is 0.600. The minimum Gasteiger partial charge on any atom is -0.493 e. The maximum atomic E-state index is 5.88. The summed E-state index contributed by atoms with van der Waals surface area (Å²) in [5, 5.41) is 0. The van der Waals surface area contributed by atoms with Crippen molar-refractivity contribution < 1.29 is 4.74 Å². The first-order valence-corrected chi connectivity index (χ1v) is 7.02. The molecule has 1 aliphatic rings. The second-order valence-electron chi connectivity index (χ2n) is 5.01. The first-order chi connectivity index (χ1) is 8.81. The molecular weight excluding hydrogens is 224 g/mol. The number of benzene rings is 1. The summed E-state index contributed by atoms with van der Waals surface area (Å²) in [5.41, 5.74) is 5.54. The van der Waals surface area contributed by atoms with Gasteiger partial charge in [0.05, 0.1) is 12.6 Å². The number of nitrogens with two attached hydrogens (primary N) is 1. The average molecular weight is 248 g/mol. The van der Waals surface area contributed by atoms with Crippen LogP contribution in [0.3, 0.4) is 0 Å². The smallest absolute Gasteiger partial charge is 0.127 e. The molecule has 0 spiro atoms. The van der Waals surface area contributed by atoms with Crippen molar-refractivity contribution in [1.29, 1.82) is 0 Å². The SMILES string of the molecule is CCC(CC)C(NN)c1cccc2c1OCCC2. The Morgan fingerprint density at radius 3 is 2.78 bits per heavy atom. The minimum absolute atomic E-state index is 0.188. The third kappa shape index (κ3) is 2.52. The van der Waals surface area contributed by atoms with Gasteiger partial charge in [-0.15, -0.1) is 0 Å². The van der Waals surface area contributed by atoms with Crippen LogP contribution in [-0.4, -0.2) is 6.61 Å². The fourth-order valence-corrected chi connectivity index (χ4v) is 2.90. The van der Waals surface area contributed by atoms with Crippen LogP contribution in [0.2, 0.25) is 0 Å². The van der Waals surface area contributed by atoms with E-state index in [4.69, 9.17) is 10.6 Å². The van der Waals surface area contributed by atoms with Crippen molar-refractivity contribution in [3.05, 3.63) is 29.3 Å². The maximum Gasteiger partial charge on any atom is 0.127 e. The van der Waals surface area contributed by atoms with Gasteiger partial charge in [0.2, 0.25) is 0 Å². The lowest BCUT2D eigenvalue weighted by Gasteiger charge is -2.29. The molecule has 0 radical (unpaired) electrons. The highest BCUT2D eigenvalue weighted by molar-refractivity contribution is 5.44. The number of rotatable bonds is 5. The Kier molecular flexibility index (Phi) is 4.61. The van der Waals surface area contributed by atoms with Gasteiger partial charge in [0.25, 0.3) is 0 Å². The van der Waals surface area contributed by atoms with Gasteiger partial charge in [-0.25, -0.2) is 0 Å². The largest absolute Gasteiger partial charge is 0.493 e. The van der Waals surface area contributed by atoms with E-state index < -0.39 is 0 Å². The van der Waals surface area contributed by atoms with E-state index in [1.54, 1.807) is 0 Å². The second-order valence-corrected chi connectivity index (χ2v) is 5.01. The zero-order valence-electron chi connectivity index (χ0n) is 11.4. The lowest BCUT2D eigenvalue weighted by Crippen LogP contribution is -2.34. The lowest BCUT2D eigenvalue weighted by atomic mass is 9.87. The van der Waals surface area contributed by atoms with Gasteiger partial charge in [-0.05, 0) is 24.3 Å². The Hall–Kier alpha value is -1.06. The number of para-hydroxylation sites is 1. The molecule has 2 rings (SSSR count). The summed E-state index contributed by atoms with van der Waals surface area (Å²) in [7, 11) is 0. The van der Waals surface area contributed by atoms with Crippen molar-refractivity contribution in [2.75, 3.05) is 6.61 Å². The third-order valence-electron chi connectivity index (χ3n) is 4.00. The Labute approximate surface area is 110 Å². The molecule has 0 saturated heterocycles. The minimum atomic E-state index is 0.188. The summed E-state index contributed by atoms with van der Waals surface area (Å²) < 4.78 is 5.88. The fourth-order valence-electron chi connectivity index (χ4n) is 2.90. The third-order valence-corrected chi connectivity index (χ3v) is 4.00. The number of ether oxygens (including phenoxy) is 1. The normalized spacial score (nSPS) is 16.2. The van der Waals surface area contributed by atoms with Crippen molar-refractivity contribution in [2.24, 2.45) is 11.8 Å². The Bertz CT molecular complexity index is 388. The van der Waals surface area contributed by atoms with Gasteiger partial charge in [0, 0.05) is 5.56 Å². The summed E-state index contributed by atoms with van der Waals surface area (Å²) in [6, 6.07) is 6.62. The molecular formula is C15H24N2O. The summed E-state index contributed by atoms with van der Waals surface area (Å²) in [5.74, 6) is 7.40. The molecule has 18 heavy (non-hydrogen) atoms.